The molecule has 13 heteroatoms. The minimum Gasteiger partial charge on any atom is -0.444 e. The van der Waals surface area contributed by atoms with Gasteiger partial charge in [0.2, 0.25) is 26.8 Å². The largest absolute Gasteiger partial charge is 0.444 e. The predicted octanol–water partition coefficient (Wildman–Crippen LogP) is 1.89. The molecule has 0 bridgehead atoms. The molecule has 0 aromatic carbocycles. The molecule has 0 radical (unpaired) electrons. The summed E-state index contributed by atoms with van der Waals surface area (Å²) in [5.74, 6) is -5.23. The third-order valence-electron chi connectivity index (χ3n) is 5.23. The molecule has 0 saturated carbocycles. The van der Waals surface area contributed by atoms with E-state index in [1.165, 1.54) is 0 Å². The highest BCUT2D eigenvalue weighted by Crippen LogP contribution is 2.33. The molecule has 2 N–H and O–H groups in total. The molecule has 3 amide bonds. The second-order valence-corrected chi connectivity index (χ2v) is 11.3. The number of alkyl halides is 2. The summed E-state index contributed by atoms with van der Waals surface area (Å²) in [5, 5.41) is 3.39. The van der Waals surface area contributed by atoms with Crippen molar-refractivity contribution in [2.75, 3.05) is 19.3 Å². The fourth-order valence-electron chi connectivity index (χ4n) is 3.61. The van der Waals surface area contributed by atoms with Crippen molar-refractivity contribution in [2.45, 2.75) is 70.1 Å². The van der Waals surface area contributed by atoms with Crippen LogP contribution in [0.1, 0.15) is 46.5 Å². The summed E-state index contributed by atoms with van der Waals surface area (Å²) in [7, 11) is -4.23. The maximum Gasteiger partial charge on any atom is 0.410 e. The summed E-state index contributed by atoms with van der Waals surface area (Å²) in [6.45, 7) is 4.67. The van der Waals surface area contributed by atoms with E-state index in [-0.39, 0.29) is 12.3 Å². The number of piperidine rings is 1. The molecule has 0 aromatic heterocycles. The molecule has 2 aliphatic rings. The van der Waals surface area contributed by atoms with E-state index in [0.29, 0.717) is 25.3 Å². The van der Waals surface area contributed by atoms with E-state index < -0.39 is 75.9 Å². The molecule has 188 valence electrons. The Morgan fingerprint density at radius 2 is 2.00 bits per heavy atom. The minimum atomic E-state index is -4.23. The van der Waals surface area contributed by atoms with Crippen molar-refractivity contribution >= 4 is 27.7 Å². The molecule has 33 heavy (non-hydrogen) atoms. The van der Waals surface area contributed by atoms with Gasteiger partial charge in [-0.05, 0) is 39.7 Å². The van der Waals surface area contributed by atoms with Gasteiger partial charge in [-0.2, -0.15) is 4.39 Å². The molecular formula is C20H30F3N3O6S. The molecule has 2 aliphatic heterocycles. The zero-order chi connectivity index (χ0) is 25.2. The van der Waals surface area contributed by atoms with Crippen LogP contribution in [0, 0.1) is 5.92 Å². The van der Waals surface area contributed by atoms with Crippen LogP contribution in [0.3, 0.4) is 0 Å². The molecule has 2 heterocycles. The molecule has 0 unspecified atom stereocenters. The Morgan fingerprint density at radius 3 is 2.52 bits per heavy atom. The van der Waals surface area contributed by atoms with E-state index in [4.69, 9.17) is 4.74 Å². The molecule has 0 spiro atoms. The fraction of sp³-hybridized carbons (Fsp3) is 0.750. The lowest BCUT2D eigenvalue weighted by Crippen LogP contribution is -2.58. The van der Waals surface area contributed by atoms with Crippen LogP contribution in [0.5, 0.6) is 0 Å². The summed E-state index contributed by atoms with van der Waals surface area (Å²) in [5.41, 5.74) is -0.933. The van der Waals surface area contributed by atoms with Crippen LogP contribution in [-0.4, -0.2) is 74.2 Å². The van der Waals surface area contributed by atoms with Gasteiger partial charge in [0.25, 0.3) is 5.92 Å². The van der Waals surface area contributed by atoms with Crippen LogP contribution in [-0.2, 0) is 24.2 Å². The number of amides is 3. The lowest BCUT2D eigenvalue weighted by atomic mass is 9.95. The molecule has 2 fully saturated rings. The highest BCUT2D eigenvalue weighted by Gasteiger charge is 2.46. The summed E-state index contributed by atoms with van der Waals surface area (Å²) >= 11 is 0. The number of rotatable bonds is 6. The number of nitrogens with one attached hydrogen (secondary N) is 2. The maximum atomic E-state index is 14.2. The predicted molar refractivity (Wildman–Crippen MR) is 113 cm³/mol. The number of carbonyl (C=O) groups is 3. The molecular weight excluding hydrogens is 467 g/mol. The number of likely N-dealkylation sites (tertiary alicyclic amines) is 1. The van der Waals surface area contributed by atoms with Gasteiger partial charge in [0.15, 0.2) is 0 Å². The zero-order valence-electron chi connectivity index (χ0n) is 19.0. The van der Waals surface area contributed by atoms with Gasteiger partial charge in [-0.25, -0.2) is 22.0 Å². The number of hydrogen-bond acceptors (Lipinski definition) is 6. The van der Waals surface area contributed by atoms with Crippen LogP contribution < -0.4 is 10.6 Å². The van der Waals surface area contributed by atoms with Crippen molar-refractivity contribution in [2.24, 2.45) is 5.92 Å². The van der Waals surface area contributed by atoms with Gasteiger partial charge >= 0.3 is 6.09 Å². The maximum absolute atomic E-state index is 14.2. The fourth-order valence-corrected chi connectivity index (χ4v) is 4.03. The molecule has 3 atom stereocenters. The molecule has 0 aromatic rings. The second-order valence-electron chi connectivity index (χ2n) is 9.37. The standard InChI is InChI=1S/C20H30F3N3O6S/c1-19(2,3)32-18(29)26-8-6-20(22,23)11-14(26)17(28)25-13(10-15(21)33(4,30)31)9-12-5-7-24-16(12)27/h10,12-14H,5-9,11H2,1-4H3,(H,24,27)(H,25,28)/b15-10+/t12-,13-,14-/m0/s1. The van der Waals surface area contributed by atoms with Gasteiger partial charge in [-0.3, -0.25) is 14.5 Å². The minimum absolute atomic E-state index is 0.143. The third kappa shape index (κ3) is 7.90. The number of nitrogens with zero attached hydrogens (tertiary/aromatic N) is 1. The van der Waals surface area contributed by atoms with Crippen molar-refractivity contribution in [1.82, 2.24) is 15.5 Å². The van der Waals surface area contributed by atoms with Gasteiger partial charge in [0, 0.05) is 38.1 Å². The third-order valence-corrected chi connectivity index (χ3v) is 6.08. The van der Waals surface area contributed by atoms with E-state index in [9.17, 15) is 36.0 Å². The highest BCUT2D eigenvalue weighted by molar-refractivity contribution is 7.94. The van der Waals surface area contributed by atoms with Crippen LogP contribution >= 0.6 is 0 Å². The van der Waals surface area contributed by atoms with Gasteiger partial charge in [0.1, 0.15) is 11.6 Å². The van der Waals surface area contributed by atoms with Crippen LogP contribution in [0.15, 0.2) is 11.2 Å². The Balaban J connectivity index is 2.28. The zero-order valence-corrected chi connectivity index (χ0v) is 19.8. The Labute approximate surface area is 191 Å². The number of carbonyl (C=O) groups excluding carboxylic acids is 3. The first-order chi connectivity index (χ1) is 15.0. The van der Waals surface area contributed by atoms with E-state index in [1.807, 2.05) is 0 Å². The molecule has 0 aliphatic carbocycles. The summed E-state index contributed by atoms with van der Waals surface area (Å²) in [4.78, 5) is 38.3. The lowest BCUT2D eigenvalue weighted by Gasteiger charge is -2.39. The summed E-state index contributed by atoms with van der Waals surface area (Å²) in [6, 6.07) is -2.91. The number of ether oxygens (including phenoxy) is 1. The van der Waals surface area contributed by atoms with Crippen molar-refractivity contribution < 1.29 is 40.7 Å². The van der Waals surface area contributed by atoms with Crippen LogP contribution in [0.4, 0.5) is 18.0 Å². The topological polar surface area (TPSA) is 122 Å². The van der Waals surface area contributed by atoms with E-state index >= 15 is 0 Å². The highest BCUT2D eigenvalue weighted by atomic mass is 32.2. The van der Waals surface area contributed by atoms with Gasteiger partial charge < -0.3 is 15.4 Å². The van der Waals surface area contributed by atoms with Crippen molar-refractivity contribution in [3.05, 3.63) is 11.2 Å². The van der Waals surface area contributed by atoms with Gasteiger partial charge in [-0.15, -0.1) is 0 Å². The normalized spacial score (nSPS) is 24.8. The average Bonchev–Trinajstić information content (AvgIpc) is 3.03. The molecule has 9 nitrogen and oxygen atoms in total. The Morgan fingerprint density at radius 1 is 1.36 bits per heavy atom. The second kappa shape index (κ2) is 9.90. The van der Waals surface area contributed by atoms with Crippen molar-refractivity contribution in [3.8, 4) is 0 Å². The summed E-state index contributed by atoms with van der Waals surface area (Å²) < 4.78 is 70.6. The van der Waals surface area contributed by atoms with Gasteiger partial charge in [0.05, 0.1) is 6.04 Å². The summed E-state index contributed by atoms with van der Waals surface area (Å²) in [6.07, 6.45) is -1.09. The average molecular weight is 498 g/mol. The Bertz CT molecular complexity index is 916. The first-order valence-corrected chi connectivity index (χ1v) is 12.4. The monoisotopic (exact) mass is 497 g/mol. The van der Waals surface area contributed by atoms with Crippen LogP contribution in [0.2, 0.25) is 0 Å². The Kier molecular flexibility index (Phi) is 8.08. The van der Waals surface area contributed by atoms with Crippen molar-refractivity contribution in [3.63, 3.8) is 0 Å². The smallest absolute Gasteiger partial charge is 0.410 e. The van der Waals surface area contributed by atoms with E-state index in [0.717, 1.165) is 4.90 Å². The molecule has 2 saturated heterocycles. The quantitative estimate of drug-likeness (QED) is 0.578. The first-order valence-electron chi connectivity index (χ1n) is 10.5. The SMILES string of the molecule is CC(C)(C)OC(=O)N1CCC(F)(F)C[C@H]1C(=O)N[C@H](/C=C(\F)S(C)(=O)=O)C[C@@H]1CCNC1=O. The van der Waals surface area contributed by atoms with Crippen molar-refractivity contribution in [1.29, 1.82) is 0 Å². The number of halogens is 3. The van der Waals surface area contributed by atoms with Gasteiger partial charge in [-0.1, -0.05) is 0 Å². The Hall–Kier alpha value is -2.31. The first kappa shape index (κ1) is 26.9. The van der Waals surface area contributed by atoms with Crippen LogP contribution in [0.25, 0.3) is 0 Å². The number of sulfone groups is 1. The molecule has 2 rings (SSSR count). The number of hydrogen-bond donors (Lipinski definition) is 2. The van der Waals surface area contributed by atoms with E-state index in [2.05, 4.69) is 10.6 Å². The lowest BCUT2D eigenvalue weighted by molar-refractivity contribution is -0.137. The van der Waals surface area contributed by atoms with E-state index in [1.54, 1.807) is 20.8 Å².